The van der Waals surface area contributed by atoms with Crippen LogP contribution in [0.5, 0.6) is 5.88 Å². The third-order valence-corrected chi connectivity index (χ3v) is 4.16. The largest absolute Gasteiger partial charge is 0.479 e. The number of rotatable bonds is 5. The molecular formula is C15H20N4O4. The molecule has 2 aromatic heterocycles. The summed E-state index contributed by atoms with van der Waals surface area (Å²) >= 11 is 0. The highest BCUT2D eigenvalue weighted by Gasteiger charge is 2.39. The number of carbonyl (C=O) groups excluding carboxylic acids is 1. The third kappa shape index (κ3) is 3.07. The maximum absolute atomic E-state index is 12.7. The molecule has 8 heteroatoms. The number of hydrogen-bond donors (Lipinski definition) is 0. The summed E-state index contributed by atoms with van der Waals surface area (Å²) in [6, 6.07) is 1.44. The van der Waals surface area contributed by atoms with E-state index in [1.807, 2.05) is 19.4 Å². The Bertz CT molecular complexity index is 681. The van der Waals surface area contributed by atoms with E-state index in [4.69, 9.17) is 14.0 Å². The second-order valence-corrected chi connectivity index (χ2v) is 5.59. The van der Waals surface area contributed by atoms with Gasteiger partial charge >= 0.3 is 0 Å². The lowest BCUT2D eigenvalue weighted by Gasteiger charge is -2.26. The van der Waals surface area contributed by atoms with Gasteiger partial charge in [-0.2, -0.15) is 5.10 Å². The van der Waals surface area contributed by atoms with Crippen molar-refractivity contribution in [3.05, 3.63) is 29.8 Å². The Labute approximate surface area is 133 Å². The molecule has 1 aliphatic heterocycles. The van der Waals surface area contributed by atoms with E-state index in [9.17, 15) is 4.79 Å². The van der Waals surface area contributed by atoms with Crippen LogP contribution in [0.25, 0.3) is 0 Å². The highest BCUT2D eigenvalue weighted by molar-refractivity contribution is 5.92. The Morgan fingerprint density at radius 1 is 1.48 bits per heavy atom. The molecule has 3 heterocycles. The zero-order valence-electron chi connectivity index (χ0n) is 13.4. The normalized spacial score (nSPS) is 20.9. The zero-order valence-corrected chi connectivity index (χ0v) is 13.4. The van der Waals surface area contributed by atoms with E-state index in [0.717, 1.165) is 12.0 Å². The fraction of sp³-hybridized carbons (Fsp3) is 0.533. The first kappa shape index (κ1) is 15.5. The summed E-state index contributed by atoms with van der Waals surface area (Å²) in [5.41, 5.74) is 1.06. The van der Waals surface area contributed by atoms with Crippen molar-refractivity contribution >= 4 is 5.91 Å². The van der Waals surface area contributed by atoms with Gasteiger partial charge in [-0.1, -0.05) is 0 Å². The van der Waals surface area contributed by atoms with Gasteiger partial charge in [-0.15, -0.1) is 0 Å². The molecule has 0 aromatic carbocycles. The number of hydrogen-bond acceptors (Lipinski definition) is 6. The van der Waals surface area contributed by atoms with Crippen molar-refractivity contribution in [2.45, 2.75) is 25.0 Å². The van der Waals surface area contributed by atoms with Crippen LogP contribution in [-0.2, 0) is 18.2 Å². The van der Waals surface area contributed by atoms with Crippen LogP contribution in [0, 0.1) is 0 Å². The minimum atomic E-state index is -0.200. The number of ether oxygens (including phenoxy) is 2. The van der Waals surface area contributed by atoms with Crippen LogP contribution in [0.2, 0.25) is 0 Å². The minimum Gasteiger partial charge on any atom is -0.479 e. The summed E-state index contributed by atoms with van der Waals surface area (Å²) in [7, 11) is 5.02. The van der Waals surface area contributed by atoms with Crippen LogP contribution in [-0.4, -0.2) is 58.7 Å². The van der Waals surface area contributed by atoms with Gasteiger partial charge in [-0.05, 0) is 23.6 Å². The molecule has 1 amide bonds. The monoisotopic (exact) mass is 320 g/mol. The number of carbonyl (C=O) groups is 1. The molecule has 8 nitrogen and oxygen atoms in total. The van der Waals surface area contributed by atoms with Crippen molar-refractivity contribution in [1.82, 2.24) is 19.8 Å². The molecule has 0 unspecified atom stereocenters. The van der Waals surface area contributed by atoms with Crippen molar-refractivity contribution < 1.29 is 18.8 Å². The van der Waals surface area contributed by atoms with Gasteiger partial charge in [0.2, 0.25) is 5.76 Å². The molecule has 0 N–H and O–H groups in total. The summed E-state index contributed by atoms with van der Waals surface area (Å²) in [5.74, 6) is 0.267. The Balaban J connectivity index is 1.79. The molecule has 1 saturated heterocycles. The molecule has 1 fully saturated rings. The lowest BCUT2D eigenvalue weighted by atomic mass is 10.0. The van der Waals surface area contributed by atoms with Crippen molar-refractivity contribution in [3.63, 3.8) is 0 Å². The van der Waals surface area contributed by atoms with E-state index >= 15 is 0 Å². The maximum atomic E-state index is 12.7. The number of amides is 1. The average molecular weight is 320 g/mol. The maximum Gasteiger partial charge on any atom is 0.292 e. The molecule has 0 spiro atoms. The number of likely N-dealkylation sites (tertiary alicyclic amines) is 1. The topological polar surface area (TPSA) is 82.6 Å². The van der Waals surface area contributed by atoms with E-state index in [-0.39, 0.29) is 23.8 Å². The molecule has 2 aromatic rings. The molecule has 0 radical (unpaired) electrons. The highest BCUT2D eigenvalue weighted by atomic mass is 16.5. The fourth-order valence-electron chi connectivity index (χ4n) is 3.01. The lowest BCUT2D eigenvalue weighted by molar-refractivity contribution is 0.0481. The lowest BCUT2D eigenvalue weighted by Crippen LogP contribution is -2.41. The standard InChI is InChI=1S/C15H20N4O4/c1-18-9-10(8-16-18)6-11-12(21-2)4-5-19(11)15(20)13-7-14(22-3)17-23-13/h7-9,11-12H,4-6H2,1-3H3/t11-,12+/m0/s1. The summed E-state index contributed by atoms with van der Waals surface area (Å²) in [6.45, 7) is 0.616. The van der Waals surface area contributed by atoms with Gasteiger partial charge in [0.15, 0.2) is 0 Å². The summed E-state index contributed by atoms with van der Waals surface area (Å²) in [5, 5.41) is 7.87. The van der Waals surface area contributed by atoms with E-state index in [2.05, 4.69) is 10.3 Å². The smallest absolute Gasteiger partial charge is 0.292 e. The van der Waals surface area contributed by atoms with Gasteiger partial charge in [0.05, 0.1) is 31.5 Å². The summed E-state index contributed by atoms with van der Waals surface area (Å²) in [6.07, 6.45) is 5.22. The van der Waals surface area contributed by atoms with Gasteiger partial charge in [0.1, 0.15) is 0 Å². The molecule has 1 aliphatic rings. The quantitative estimate of drug-likeness (QED) is 0.813. The molecule has 0 bridgehead atoms. The number of methoxy groups -OCH3 is 2. The van der Waals surface area contributed by atoms with E-state index in [1.165, 1.54) is 13.2 Å². The van der Waals surface area contributed by atoms with Crippen molar-refractivity contribution in [2.24, 2.45) is 7.05 Å². The molecule has 3 rings (SSSR count). The van der Waals surface area contributed by atoms with E-state index < -0.39 is 0 Å². The third-order valence-electron chi connectivity index (χ3n) is 4.16. The van der Waals surface area contributed by atoms with Gasteiger partial charge in [-0.3, -0.25) is 9.48 Å². The van der Waals surface area contributed by atoms with Gasteiger partial charge in [0.25, 0.3) is 11.8 Å². The summed E-state index contributed by atoms with van der Waals surface area (Å²) < 4.78 is 17.3. The van der Waals surface area contributed by atoms with Crippen LogP contribution in [0.3, 0.4) is 0 Å². The van der Waals surface area contributed by atoms with E-state index in [0.29, 0.717) is 18.8 Å². The number of aromatic nitrogens is 3. The predicted molar refractivity (Wildman–Crippen MR) is 80.2 cm³/mol. The van der Waals surface area contributed by atoms with Gasteiger partial charge < -0.3 is 18.9 Å². The summed E-state index contributed by atoms with van der Waals surface area (Å²) in [4.78, 5) is 14.5. The van der Waals surface area contributed by atoms with Crippen molar-refractivity contribution in [2.75, 3.05) is 20.8 Å². The van der Waals surface area contributed by atoms with Crippen molar-refractivity contribution in [3.8, 4) is 5.88 Å². The first-order valence-electron chi connectivity index (χ1n) is 7.44. The number of nitrogens with zero attached hydrogens (tertiary/aromatic N) is 4. The average Bonchev–Trinajstić information content (AvgIpc) is 3.26. The van der Waals surface area contributed by atoms with Crippen molar-refractivity contribution in [1.29, 1.82) is 0 Å². The Morgan fingerprint density at radius 2 is 2.30 bits per heavy atom. The second kappa shape index (κ2) is 6.41. The van der Waals surface area contributed by atoms with Crippen LogP contribution >= 0.6 is 0 Å². The molecule has 2 atom stereocenters. The van der Waals surface area contributed by atoms with Crippen LogP contribution in [0.1, 0.15) is 22.5 Å². The molecular weight excluding hydrogens is 300 g/mol. The SMILES string of the molecule is COc1cc(C(=O)N2CC[C@@H](OC)[C@@H]2Cc2cnn(C)c2)on1. The second-order valence-electron chi connectivity index (χ2n) is 5.59. The highest BCUT2D eigenvalue weighted by Crippen LogP contribution is 2.26. The van der Waals surface area contributed by atoms with Crippen LogP contribution in [0.15, 0.2) is 23.0 Å². The van der Waals surface area contributed by atoms with Gasteiger partial charge in [0, 0.05) is 26.9 Å². The van der Waals surface area contributed by atoms with E-state index in [1.54, 1.807) is 16.7 Å². The fourth-order valence-corrected chi connectivity index (χ4v) is 3.01. The first-order chi connectivity index (χ1) is 11.1. The Hall–Kier alpha value is -2.35. The Morgan fingerprint density at radius 3 is 2.91 bits per heavy atom. The number of aryl methyl sites for hydroxylation is 1. The molecule has 0 aliphatic carbocycles. The van der Waals surface area contributed by atoms with Crippen LogP contribution in [0.4, 0.5) is 0 Å². The molecule has 23 heavy (non-hydrogen) atoms. The first-order valence-corrected chi connectivity index (χ1v) is 7.44. The zero-order chi connectivity index (χ0) is 16.4. The minimum absolute atomic E-state index is 0.0102. The van der Waals surface area contributed by atoms with Gasteiger partial charge in [-0.25, -0.2) is 0 Å². The molecule has 0 saturated carbocycles. The van der Waals surface area contributed by atoms with Crippen LogP contribution < -0.4 is 4.74 Å². The Kier molecular flexibility index (Phi) is 4.33. The molecule has 124 valence electrons. The predicted octanol–water partition coefficient (Wildman–Crippen LogP) is 0.889.